The number of hydrogen-bond acceptors (Lipinski definition) is 3. The molecule has 0 aromatic carbocycles. The highest BCUT2D eigenvalue weighted by atomic mass is 15.3. The molecule has 1 aromatic heterocycles. The van der Waals surface area contributed by atoms with Crippen molar-refractivity contribution >= 4 is 0 Å². The number of aryl methyl sites for hydroxylation is 1. The van der Waals surface area contributed by atoms with Gasteiger partial charge in [0.1, 0.15) is 0 Å². The summed E-state index contributed by atoms with van der Waals surface area (Å²) in [7, 11) is 2.21. The van der Waals surface area contributed by atoms with Crippen LogP contribution in [0.3, 0.4) is 0 Å². The molecule has 0 bridgehead atoms. The van der Waals surface area contributed by atoms with Gasteiger partial charge in [-0.3, -0.25) is 4.68 Å². The molecule has 0 aliphatic carbocycles. The Bertz CT molecular complexity index is 366. The summed E-state index contributed by atoms with van der Waals surface area (Å²) in [4.78, 5) is 2.41. The highest BCUT2D eigenvalue weighted by Gasteiger charge is 2.15. The highest BCUT2D eigenvalue weighted by molar-refractivity contribution is 5.15. The predicted octanol–water partition coefficient (Wildman–Crippen LogP) is 1.79. The zero-order chi connectivity index (χ0) is 13.0. The molecule has 1 aromatic rings. The second-order valence-electron chi connectivity index (χ2n) is 5.41. The van der Waals surface area contributed by atoms with Crippen LogP contribution in [0, 0.1) is 6.92 Å². The topological polar surface area (TPSA) is 33.1 Å². The van der Waals surface area contributed by atoms with Crippen LogP contribution >= 0.6 is 0 Å². The third-order valence-electron chi connectivity index (χ3n) is 3.89. The van der Waals surface area contributed by atoms with Gasteiger partial charge in [0.2, 0.25) is 0 Å². The van der Waals surface area contributed by atoms with E-state index in [2.05, 4.69) is 40.9 Å². The van der Waals surface area contributed by atoms with E-state index in [9.17, 15) is 0 Å². The maximum atomic E-state index is 4.41. The van der Waals surface area contributed by atoms with Crippen molar-refractivity contribution in [2.45, 2.75) is 52.2 Å². The Morgan fingerprint density at radius 1 is 1.50 bits per heavy atom. The molecule has 102 valence electrons. The quantitative estimate of drug-likeness (QED) is 0.865. The first-order chi connectivity index (χ1) is 8.70. The van der Waals surface area contributed by atoms with Crippen molar-refractivity contribution in [3.63, 3.8) is 0 Å². The minimum Gasteiger partial charge on any atom is -0.313 e. The highest BCUT2D eigenvalue weighted by Crippen LogP contribution is 2.12. The van der Waals surface area contributed by atoms with Crippen molar-refractivity contribution in [2.24, 2.45) is 0 Å². The van der Waals surface area contributed by atoms with Crippen LogP contribution in [-0.4, -0.2) is 40.9 Å². The Kier molecular flexibility index (Phi) is 4.78. The van der Waals surface area contributed by atoms with Crippen LogP contribution in [0.25, 0.3) is 0 Å². The van der Waals surface area contributed by atoms with Crippen molar-refractivity contribution in [1.29, 1.82) is 0 Å². The number of nitrogens with one attached hydrogen (secondary N) is 1. The van der Waals surface area contributed by atoms with Crippen molar-refractivity contribution in [3.8, 4) is 0 Å². The third kappa shape index (κ3) is 3.33. The van der Waals surface area contributed by atoms with Crippen molar-refractivity contribution in [2.75, 3.05) is 20.1 Å². The first-order valence-corrected chi connectivity index (χ1v) is 7.14. The van der Waals surface area contributed by atoms with E-state index < -0.39 is 0 Å². The van der Waals surface area contributed by atoms with Gasteiger partial charge in [0, 0.05) is 36.9 Å². The molecule has 0 unspecified atom stereocenters. The SMILES string of the molecule is CCn1ncc(CN(C)C[C@H]2CCCCN2)c1C. The molecule has 4 heteroatoms. The summed E-state index contributed by atoms with van der Waals surface area (Å²) in [5.74, 6) is 0. The van der Waals surface area contributed by atoms with Crippen molar-refractivity contribution in [3.05, 3.63) is 17.5 Å². The van der Waals surface area contributed by atoms with E-state index in [1.165, 1.54) is 37.1 Å². The monoisotopic (exact) mass is 250 g/mol. The molecular formula is C14H26N4. The lowest BCUT2D eigenvalue weighted by Gasteiger charge is -2.28. The molecule has 18 heavy (non-hydrogen) atoms. The Morgan fingerprint density at radius 2 is 2.33 bits per heavy atom. The molecule has 1 atom stereocenters. The van der Waals surface area contributed by atoms with Gasteiger partial charge in [0.05, 0.1) is 6.20 Å². The predicted molar refractivity (Wildman–Crippen MR) is 74.6 cm³/mol. The van der Waals surface area contributed by atoms with Gasteiger partial charge in [0.25, 0.3) is 0 Å². The van der Waals surface area contributed by atoms with Gasteiger partial charge in [-0.2, -0.15) is 5.10 Å². The average Bonchev–Trinajstić information content (AvgIpc) is 2.71. The lowest BCUT2D eigenvalue weighted by molar-refractivity contribution is 0.256. The van der Waals surface area contributed by atoms with Crippen LogP contribution in [0.4, 0.5) is 0 Å². The molecule has 0 spiro atoms. The van der Waals surface area contributed by atoms with Gasteiger partial charge in [-0.15, -0.1) is 0 Å². The van der Waals surface area contributed by atoms with E-state index in [4.69, 9.17) is 0 Å². The molecule has 2 heterocycles. The van der Waals surface area contributed by atoms with Crippen molar-refractivity contribution < 1.29 is 0 Å². The van der Waals surface area contributed by atoms with E-state index >= 15 is 0 Å². The van der Waals surface area contributed by atoms with Gasteiger partial charge in [-0.05, 0) is 40.3 Å². The van der Waals surface area contributed by atoms with Crippen LogP contribution < -0.4 is 5.32 Å². The molecule has 4 nitrogen and oxygen atoms in total. The number of likely N-dealkylation sites (N-methyl/N-ethyl adjacent to an activating group) is 1. The molecule has 2 rings (SSSR count). The maximum Gasteiger partial charge on any atom is 0.0537 e. The van der Waals surface area contributed by atoms with E-state index in [1.807, 2.05) is 6.20 Å². The number of aromatic nitrogens is 2. The first kappa shape index (κ1) is 13.6. The van der Waals surface area contributed by atoms with E-state index in [1.54, 1.807) is 0 Å². The fraction of sp³-hybridized carbons (Fsp3) is 0.786. The summed E-state index contributed by atoms with van der Waals surface area (Å²) in [5, 5.41) is 8.01. The van der Waals surface area contributed by atoms with Gasteiger partial charge >= 0.3 is 0 Å². The van der Waals surface area contributed by atoms with Gasteiger partial charge < -0.3 is 10.2 Å². The summed E-state index contributed by atoms with van der Waals surface area (Å²) in [5.41, 5.74) is 2.66. The molecule has 0 amide bonds. The Morgan fingerprint density at radius 3 is 2.94 bits per heavy atom. The lowest BCUT2D eigenvalue weighted by atomic mass is 10.0. The Labute approximate surface area is 110 Å². The fourth-order valence-corrected chi connectivity index (χ4v) is 2.77. The smallest absolute Gasteiger partial charge is 0.0537 e. The summed E-state index contributed by atoms with van der Waals surface area (Å²) in [6, 6.07) is 0.672. The van der Waals surface area contributed by atoms with Gasteiger partial charge in [-0.25, -0.2) is 0 Å². The van der Waals surface area contributed by atoms with Gasteiger partial charge in [0.15, 0.2) is 0 Å². The van der Waals surface area contributed by atoms with Crippen LogP contribution in [0.15, 0.2) is 6.20 Å². The van der Waals surface area contributed by atoms with E-state index in [-0.39, 0.29) is 0 Å². The second kappa shape index (κ2) is 6.34. The van der Waals surface area contributed by atoms with Crippen LogP contribution in [0.1, 0.15) is 37.4 Å². The fourth-order valence-electron chi connectivity index (χ4n) is 2.77. The molecule has 1 N–H and O–H groups in total. The molecule has 1 aliphatic heterocycles. The number of nitrogens with zero attached hydrogens (tertiary/aromatic N) is 3. The molecule has 1 fully saturated rings. The van der Waals surface area contributed by atoms with Crippen LogP contribution in [-0.2, 0) is 13.1 Å². The molecule has 0 radical (unpaired) electrons. The van der Waals surface area contributed by atoms with Crippen molar-refractivity contribution in [1.82, 2.24) is 20.0 Å². The Hall–Kier alpha value is -0.870. The number of hydrogen-bond donors (Lipinski definition) is 1. The third-order valence-corrected chi connectivity index (χ3v) is 3.89. The zero-order valence-corrected chi connectivity index (χ0v) is 11.9. The number of rotatable bonds is 5. The largest absolute Gasteiger partial charge is 0.313 e. The molecule has 1 saturated heterocycles. The average molecular weight is 250 g/mol. The summed E-state index contributed by atoms with van der Waals surface area (Å²) in [6.45, 7) is 8.59. The zero-order valence-electron chi connectivity index (χ0n) is 11.9. The summed E-state index contributed by atoms with van der Waals surface area (Å²) >= 11 is 0. The van der Waals surface area contributed by atoms with Gasteiger partial charge in [-0.1, -0.05) is 6.42 Å². The molecule has 1 aliphatic rings. The molecule has 0 saturated carbocycles. The van der Waals surface area contributed by atoms with Crippen LogP contribution in [0.5, 0.6) is 0 Å². The van der Waals surface area contributed by atoms with E-state index in [0.29, 0.717) is 6.04 Å². The lowest BCUT2D eigenvalue weighted by Crippen LogP contribution is -2.42. The Balaban J connectivity index is 1.85. The van der Waals surface area contributed by atoms with Crippen LogP contribution in [0.2, 0.25) is 0 Å². The number of piperidine rings is 1. The summed E-state index contributed by atoms with van der Waals surface area (Å²) in [6.07, 6.45) is 6.04. The molecular weight excluding hydrogens is 224 g/mol. The minimum atomic E-state index is 0.672. The normalized spacial score (nSPS) is 20.6. The standard InChI is InChI=1S/C14H26N4/c1-4-18-12(2)13(9-16-18)10-17(3)11-14-7-5-6-8-15-14/h9,14-15H,4-8,10-11H2,1-3H3/t14-/m1/s1. The summed E-state index contributed by atoms with van der Waals surface area (Å²) < 4.78 is 2.07. The van der Waals surface area contributed by atoms with E-state index in [0.717, 1.165) is 19.6 Å². The first-order valence-electron chi connectivity index (χ1n) is 7.14. The maximum absolute atomic E-state index is 4.41. The minimum absolute atomic E-state index is 0.672. The second-order valence-corrected chi connectivity index (χ2v) is 5.41.